The molecule has 0 unspecified atom stereocenters. The lowest BCUT2D eigenvalue weighted by Crippen LogP contribution is -1.95. The number of hydrogen-bond donors (Lipinski definition) is 1. The molecule has 0 saturated carbocycles. The molecule has 8 heteroatoms. The first kappa shape index (κ1) is 13.9. The average Bonchev–Trinajstić information content (AvgIpc) is 3.03. The Balaban J connectivity index is 1.92. The van der Waals surface area contributed by atoms with E-state index in [0.717, 1.165) is 16.3 Å². The molecule has 0 amide bonds. The smallest absolute Gasteiger partial charge is 0.237 e. The highest BCUT2D eigenvalue weighted by molar-refractivity contribution is 7.80. The first-order valence-electron chi connectivity index (χ1n) is 6.20. The molecule has 0 bridgehead atoms. The molecular formula is C13H12N6S2. The van der Waals surface area contributed by atoms with Gasteiger partial charge in [0.25, 0.3) is 0 Å². The van der Waals surface area contributed by atoms with E-state index in [-0.39, 0.29) is 0 Å². The van der Waals surface area contributed by atoms with Crippen LogP contribution in [0.4, 0.5) is 10.8 Å². The Hall–Kier alpha value is -2.06. The van der Waals surface area contributed by atoms with E-state index in [4.69, 9.17) is 0 Å². The van der Waals surface area contributed by atoms with E-state index in [1.807, 2.05) is 44.3 Å². The molecule has 21 heavy (non-hydrogen) atoms. The third-order valence-electron chi connectivity index (χ3n) is 2.76. The number of nitrogens with zero attached hydrogens (tertiary/aromatic N) is 6. The van der Waals surface area contributed by atoms with Crippen LogP contribution in [0.1, 0.15) is 11.5 Å². The minimum absolute atomic E-state index is 0.536. The fraction of sp³-hybridized carbons (Fsp3) is 0.154. The fourth-order valence-electron chi connectivity index (χ4n) is 1.75. The van der Waals surface area contributed by atoms with Crippen molar-refractivity contribution in [3.05, 3.63) is 42.0 Å². The van der Waals surface area contributed by atoms with Crippen molar-refractivity contribution in [1.29, 1.82) is 0 Å². The van der Waals surface area contributed by atoms with Crippen LogP contribution in [0, 0.1) is 13.8 Å². The first-order valence-corrected chi connectivity index (χ1v) is 7.42. The average molecular weight is 316 g/mol. The SMILES string of the molecule is Cc1nsc(N=Nc2cn(-c3ccccc3S)nc2C)n1. The number of hydrogen-bond acceptors (Lipinski definition) is 7. The number of para-hydroxylation sites is 1. The van der Waals surface area contributed by atoms with Gasteiger partial charge in [0.1, 0.15) is 11.5 Å². The molecule has 0 spiro atoms. The molecule has 0 saturated heterocycles. The van der Waals surface area contributed by atoms with E-state index in [1.54, 1.807) is 4.68 Å². The summed E-state index contributed by atoms with van der Waals surface area (Å²) in [6, 6.07) is 7.74. The standard InChI is InChI=1S/C13H12N6S2/c1-8-10(15-16-13-14-9(2)18-21-13)7-19(17-8)11-5-3-4-6-12(11)20/h3-7,20H,1-2H3. The van der Waals surface area contributed by atoms with Crippen LogP contribution in [-0.2, 0) is 0 Å². The minimum Gasteiger partial charge on any atom is -0.237 e. The van der Waals surface area contributed by atoms with E-state index in [9.17, 15) is 0 Å². The van der Waals surface area contributed by atoms with Gasteiger partial charge >= 0.3 is 0 Å². The Morgan fingerprint density at radius 1 is 1.19 bits per heavy atom. The second-order valence-corrected chi connectivity index (χ2v) is 5.57. The fourth-order valence-corrected chi connectivity index (χ4v) is 2.52. The maximum absolute atomic E-state index is 4.44. The lowest BCUT2D eigenvalue weighted by atomic mass is 10.3. The normalized spacial score (nSPS) is 11.4. The molecule has 6 nitrogen and oxygen atoms in total. The van der Waals surface area contributed by atoms with Crippen molar-refractivity contribution in [2.45, 2.75) is 18.7 Å². The first-order chi connectivity index (χ1) is 10.1. The van der Waals surface area contributed by atoms with Crippen molar-refractivity contribution in [3.8, 4) is 5.69 Å². The quantitative estimate of drug-likeness (QED) is 0.585. The zero-order valence-electron chi connectivity index (χ0n) is 11.4. The molecule has 2 aromatic heterocycles. The Labute approximate surface area is 131 Å². The molecule has 0 aliphatic heterocycles. The second-order valence-electron chi connectivity index (χ2n) is 4.36. The third-order valence-corrected chi connectivity index (χ3v) is 3.83. The second kappa shape index (κ2) is 5.74. The molecule has 3 rings (SSSR count). The molecule has 0 aliphatic carbocycles. The summed E-state index contributed by atoms with van der Waals surface area (Å²) in [6.07, 6.45) is 1.82. The van der Waals surface area contributed by atoms with Crippen LogP contribution in [0.3, 0.4) is 0 Å². The maximum Gasteiger partial charge on any atom is 0.249 e. The highest BCUT2D eigenvalue weighted by Crippen LogP contribution is 2.25. The van der Waals surface area contributed by atoms with Gasteiger partial charge in [-0.25, -0.2) is 9.67 Å². The van der Waals surface area contributed by atoms with Crippen LogP contribution in [0.15, 0.2) is 45.6 Å². The summed E-state index contributed by atoms with van der Waals surface area (Å²) in [7, 11) is 0. The molecule has 0 aliphatic rings. The zero-order valence-corrected chi connectivity index (χ0v) is 13.1. The Bertz CT molecular complexity index is 805. The van der Waals surface area contributed by atoms with E-state index in [0.29, 0.717) is 16.6 Å². The van der Waals surface area contributed by atoms with Gasteiger partial charge in [-0.15, -0.1) is 22.9 Å². The van der Waals surface area contributed by atoms with Crippen LogP contribution >= 0.6 is 24.2 Å². The number of benzene rings is 1. The van der Waals surface area contributed by atoms with Gasteiger partial charge in [0.2, 0.25) is 5.13 Å². The van der Waals surface area contributed by atoms with Crippen molar-refractivity contribution in [3.63, 3.8) is 0 Å². The van der Waals surface area contributed by atoms with Crippen LogP contribution in [0.25, 0.3) is 5.69 Å². The van der Waals surface area contributed by atoms with E-state index in [1.165, 1.54) is 11.5 Å². The van der Waals surface area contributed by atoms with Crippen molar-refractivity contribution < 1.29 is 0 Å². The molecule has 0 N–H and O–H groups in total. The summed E-state index contributed by atoms with van der Waals surface area (Å²) in [6.45, 7) is 3.71. The monoisotopic (exact) mass is 316 g/mol. The molecule has 0 radical (unpaired) electrons. The van der Waals surface area contributed by atoms with Gasteiger partial charge in [-0.3, -0.25) is 0 Å². The van der Waals surface area contributed by atoms with E-state index in [2.05, 4.69) is 37.3 Å². The third kappa shape index (κ3) is 3.01. The molecule has 3 aromatic rings. The summed E-state index contributed by atoms with van der Waals surface area (Å²) in [5.74, 6) is 0.699. The lowest BCUT2D eigenvalue weighted by molar-refractivity contribution is 0.846. The number of aromatic nitrogens is 4. The number of aryl methyl sites for hydroxylation is 2. The predicted molar refractivity (Wildman–Crippen MR) is 84.4 cm³/mol. The van der Waals surface area contributed by atoms with Crippen LogP contribution in [0.2, 0.25) is 0 Å². The van der Waals surface area contributed by atoms with Gasteiger partial charge in [0.15, 0.2) is 0 Å². The Morgan fingerprint density at radius 2 is 2.00 bits per heavy atom. The van der Waals surface area contributed by atoms with E-state index < -0.39 is 0 Å². The summed E-state index contributed by atoms with van der Waals surface area (Å²) < 4.78 is 5.81. The van der Waals surface area contributed by atoms with Crippen molar-refractivity contribution in [1.82, 2.24) is 19.1 Å². The van der Waals surface area contributed by atoms with Crippen molar-refractivity contribution >= 4 is 35.0 Å². The zero-order chi connectivity index (χ0) is 14.8. The van der Waals surface area contributed by atoms with Gasteiger partial charge in [-0.05, 0) is 26.0 Å². The summed E-state index contributed by atoms with van der Waals surface area (Å²) in [5.41, 5.74) is 2.38. The molecule has 2 heterocycles. The topological polar surface area (TPSA) is 68.3 Å². The molecule has 0 atom stereocenters. The van der Waals surface area contributed by atoms with Gasteiger partial charge in [-0.2, -0.15) is 9.47 Å². The summed E-state index contributed by atoms with van der Waals surface area (Å²) in [4.78, 5) is 4.99. The molecule has 0 fully saturated rings. The van der Waals surface area contributed by atoms with Gasteiger partial charge in [-0.1, -0.05) is 12.1 Å². The maximum atomic E-state index is 4.44. The summed E-state index contributed by atoms with van der Waals surface area (Å²) >= 11 is 5.65. The number of rotatable bonds is 3. The number of thiol groups is 1. The van der Waals surface area contributed by atoms with Gasteiger partial charge in [0.05, 0.1) is 17.6 Å². The Morgan fingerprint density at radius 3 is 2.71 bits per heavy atom. The minimum atomic E-state index is 0.536. The number of azo groups is 1. The Kier molecular flexibility index (Phi) is 3.80. The lowest BCUT2D eigenvalue weighted by Gasteiger charge is -2.03. The highest BCUT2D eigenvalue weighted by atomic mass is 32.1. The predicted octanol–water partition coefficient (Wildman–Crippen LogP) is 4.04. The van der Waals surface area contributed by atoms with Crippen LogP contribution in [-0.4, -0.2) is 19.1 Å². The van der Waals surface area contributed by atoms with Gasteiger partial charge in [0, 0.05) is 16.4 Å². The van der Waals surface area contributed by atoms with Crippen molar-refractivity contribution in [2.75, 3.05) is 0 Å². The van der Waals surface area contributed by atoms with Crippen LogP contribution in [0.5, 0.6) is 0 Å². The summed E-state index contributed by atoms with van der Waals surface area (Å²) in [5, 5.41) is 13.3. The van der Waals surface area contributed by atoms with Gasteiger partial charge < -0.3 is 0 Å². The molecule has 106 valence electrons. The highest BCUT2D eigenvalue weighted by Gasteiger charge is 2.08. The van der Waals surface area contributed by atoms with Crippen molar-refractivity contribution in [2.24, 2.45) is 10.2 Å². The van der Waals surface area contributed by atoms with Crippen LogP contribution < -0.4 is 0 Å². The van der Waals surface area contributed by atoms with E-state index >= 15 is 0 Å². The molecule has 1 aromatic carbocycles. The largest absolute Gasteiger partial charge is 0.249 e. The molecular weight excluding hydrogens is 304 g/mol.